The van der Waals surface area contributed by atoms with Gasteiger partial charge in [0.25, 0.3) is 15.6 Å². The third-order valence-corrected chi connectivity index (χ3v) is 5.31. The Morgan fingerprint density at radius 1 is 1.11 bits per heavy atom. The highest BCUT2D eigenvalue weighted by Gasteiger charge is 2.15. The molecule has 0 fully saturated rings. The fourth-order valence-electron chi connectivity index (χ4n) is 2.64. The van der Waals surface area contributed by atoms with E-state index in [1.165, 1.54) is 12.1 Å². The van der Waals surface area contributed by atoms with Crippen molar-refractivity contribution in [2.45, 2.75) is 11.8 Å². The Bertz CT molecular complexity index is 1210. The minimum Gasteiger partial charge on any atom is -0.454 e. The number of pyridine rings is 1. The second kappa shape index (κ2) is 6.44. The van der Waals surface area contributed by atoms with E-state index in [1.54, 1.807) is 30.3 Å². The number of H-pyrrole nitrogens is 1. The molecule has 0 aliphatic carbocycles. The number of aromatic nitrogens is 1. The fraction of sp³-hybridized carbons (Fsp3) is 0.111. The number of aromatic amines is 1. The highest BCUT2D eigenvalue weighted by molar-refractivity contribution is 7.89. The van der Waals surface area contributed by atoms with Crippen molar-refractivity contribution in [1.29, 1.82) is 0 Å². The van der Waals surface area contributed by atoms with Crippen molar-refractivity contribution < 1.29 is 17.9 Å². The summed E-state index contributed by atoms with van der Waals surface area (Å²) in [4.78, 5) is 17.1. The Morgan fingerprint density at radius 3 is 2.56 bits per heavy atom. The molecule has 0 bridgehead atoms. The highest BCUT2D eigenvalue weighted by Crippen LogP contribution is 2.35. The van der Waals surface area contributed by atoms with Gasteiger partial charge in [-0.3, -0.25) is 4.79 Å². The van der Waals surface area contributed by atoms with Crippen LogP contribution < -0.4 is 19.9 Å². The molecule has 4 rings (SSSR count). The van der Waals surface area contributed by atoms with E-state index in [9.17, 15) is 13.2 Å². The lowest BCUT2D eigenvalue weighted by Crippen LogP contribution is -2.19. The van der Waals surface area contributed by atoms with Gasteiger partial charge in [-0.25, -0.2) is 4.83 Å². The van der Waals surface area contributed by atoms with E-state index in [4.69, 9.17) is 9.47 Å². The van der Waals surface area contributed by atoms with E-state index in [0.29, 0.717) is 22.4 Å². The summed E-state index contributed by atoms with van der Waals surface area (Å²) in [5, 5.41) is 4.42. The molecule has 9 heteroatoms. The molecule has 8 nitrogen and oxygen atoms in total. The zero-order valence-corrected chi connectivity index (χ0v) is 15.0. The number of rotatable bonds is 4. The van der Waals surface area contributed by atoms with Gasteiger partial charge in [0.15, 0.2) is 11.5 Å². The maximum Gasteiger partial charge on any atom is 0.276 e. The molecule has 0 saturated heterocycles. The first-order chi connectivity index (χ1) is 12.9. The molecular weight excluding hydrogens is 370 g/mol. The van der Waals surface area contributed by atoms with Crippen molar-refractivity contribution in [2.75, 3.05) is 6.79 Å². The minimum absolute atomic E-state index is 0.0883. The van der Waals surface area contributed by atoms with Crippen LogP contribution in [0.15, 0.2) is 57.3 Å². The molecule has 1 aromatic heterocycles. The Morgan fingerprint density at radius 2 is 1.81 bits per heavy atom. The number of sulfonamides is 1. The average Bonchev–Trinajstić information content (AvgIpc) is 3.08. The average molecular weight is 385 g/mol. The van der Waals surface area contributed by atoms with Crippen molar-refractivity contribution in [3.63, 3.8) is 0 Å². The second-order valence-corrected chi connectivity index (χ2v) is 7.67. The number of nitrogens with zero attached hydrogens (tertiary/aromatic N) is 1. The van der Waals surface area contributed by atoms with Gasteiger partial charge in [0.1, 0.15) is 0 Å². The van der Waals surface area contributed by atoms with E-state index in [0.717, 1.165) is 11.8 Å². The van der Waals surface area contributed by atoms with Crippen LogP contribution in [-0.4, -0.2) is 26.4 Å². The van der Waals surface area contributed by atoms with Gasteiger partial charge in [0, 0.05) is 11.5 Å². The lowest BCUT2D eigenvalue weighted by molar-refractivity contribution is 0.174. The first-order valence-corrected chi connectivity index (χ1v) is 9.49. The highest BCUT2D eigenvalue weighted by atomic mass is 32.2. The van der Waals surface area contributed by atoms with Crippen molar-refractivity contribution in [1.82, 2.24) is 9.82 Å². The van der Waals surface area contributed by atoms with Crippen LogP contribution in [0.1, 0.15) is 11.1 Å². The van der Waals surface area contributed by atoms with E-state index < -0.39 is 15.6 Å². The molecule has 0 spiro atoms. The van der Waals surface area contributed by atoms with Gasteiger partial charge in [-0.05, 0) is 31.2 Å². The van der Waals surface area contributed by atoms with Crippen molar-refractivity contribution in [2.24, 2.45) is 5.10 Å². The van der Waals surface area contributed by atoms with Crippen LogP contribution in [0.25, 0.3) is 10.9 Å². The number of nitrogens with one attached hydrogen (secondary N) is 2. The third kappa shape index (κ3) is 3.36. The molecule has 2 aromatic carbocycles. The maximum absolute atomic E-state index is 12.2. The molecule has 0 unspecified atom stereocenters. The third-order valence-electron chi connectivity index (χ3n) is 4.07. The Hall–Kier alpha value is -3.33. The van der Waals surface area contributed by atoms with Gasteiger partial charge in [0.2, 0.25) is 6.79 Å². The zero-order valence-electron chi connectivity index (χ0n) is 14.2. The predicted molar refractivity (Wildman–Crippen MR) is 99.8 cm³/mol. The maximum atomic E-state index is 12.2. The summed E-state index contributed by atoms with van der Waals surface area (Å²) in [7, 11) is -3.81. The van der Waals surface area contributed by atoms with Crippen LogP contribution in [0.3, 0.4) is 0 Å². The molecule has 0 amide bonds. The SMILES string of the molecule is Cc1ccc(S(=O)(=O)N/N=C/c2cc3cc4c(cc3[nH]c2=O)OCO4)cc1. The minimum atomic E-state index is -3.81. The molecule has 138 valence electrons. The molecule has 0 saturated carbocycles. The van der Waals surface area contributed by atoms with Gasteiger partial charge < -0.3 is 14.5 Å². The van der Waals surface area contributed by atoms with Gasteiger partial charge >= 0.3 is 0 Å². The first-order valence-electron chi connectivity index (χ1n) is 8.01. The quantitative estimate of drug-likeness (QED) is 0.526. The summed E-state index contributed by atoms with van der Waals surface area (Å²) < 4.78 is 35.0. The fourth-order valence-corrected chi connectivity index (χ4v) is 3.44. The van der Waals surface area contributed by atoms with Crippen LogP contribution >= 0.6 is 0 Å². The Labute approximate surface area is 154 Å². The first kappa shape index (κ1) is 17.1. The number of aryl methyl sites for hydroxylation is 1. The molecule has 2 N–H and O–H groups in total. The molecular formula is C18H15N3O5S. The zero-order chi connectivity index (χ0) is 19.0. The molecule has 1 aliphatic rings. The monoisotopic (exact) mass is 385 g/mol. The number of benzene rings is 2. The standard InChI is InChI=1S/C18H15N3O5S/c1-11-2-4-14(5-3-11)27(23,24)21-19-9-13-6-12-7-16-17(26-10-25-16)8-15(12)20-18(13)22/h2-9,21H,10H2,1H3,(H,20,22)/b19-9+. The number of hydrogen-bond acceptors (Lipinski definition) is 6. The summed E-state index contributed by atoms with van der Waals surface area (Å²) in [5.41, 5.74) is 1.33. The van der Waals surface area contributed by atoms with Crippen LogP contribution in [0, 0.1) is 6.92 Å². The molecule has 27 heavy (non-hydrogen) atoms. The van der Waals surface area contributed by atoms with Gasteiger partial charge in [-0.2, -0.15) is 13.5 Å². The van der Waals surface area contributed by atoms with Crippen LogP contribution in [0.4, 0.5) is 0 Å². The smallest absolute Gasteiger partial charge is 0.276 e. The lowest BCUT2D eigenvalue weighted by Gasteiger charge is -2.04. The molecule has 1 aliphatic heterocycles. The van der Waals surface area contributed by atoms with Crippen molar-refractivity contribution in [3.05, 3.63) is 63.9 Å². The number of fused-ring (bicyclic) bond motifs is 2. The van der Waals surface area contributed by atoms with Crippen LogP contribution in [0.2, 0.25) is 0 Å². The van der Waals surface area contributed by atoms with E-state index in [2.05, 4.69) is 14.9 Å². The normalized spacial score (nSPS) is 13.4. The summed E-state index contributed by atoms with van der Waals surface area (Å²) >= 11 is 0. The predicted octanol–water partition coefficient (Wildman–Crippen LogP) is 1.88. The molecule has 0 radical (unpaired) electrons. The van der Waals surface area contributed by atoms with E-state index in [1.807, 2.05) is 6.92 Å². The van der Waals surface area contributed by atoms with Crippen molar-refractivity contribution in [3.8, 4) is 11.5 Å². The summed E-state index contributed by atoms with van der Waals surface area (Å²) in [6, 6.07) is 11.4. The number of ether oxygens (including phenoxy) is 2. The van der Waals surface area contributed by atoms with Crippen molar-refractivity contribution >= 4 is 27.1 Å². The number of hydrogen-bond donors (Lipinski definition) is 2. The summed E-state index contributed by atoms with van der Waals surface area (Å²) in [5.74, 6) is 1.14. The summed E-state index contributed by atoms with van der Waals surface area (Å²) in [6.45, 7) is 1.99. The number of hydrazone groups is 1. The van der Waals surface area contributed by atoms with E-state index >= 15 is 0 Å². The van der Waals surface area contributed by atoms with Gasteiger partial charge in [-0.1, -0.05) is 17.7 Å². The largest absolute Gasteiger partial charge is 0.454 e. The van der Waals surface area contributed by atoms with E-state index in [-0.39, 0.29) is 17.3 Å². The molecule has 0 atom stereocenters. The molecule has 2 heterocycles. The van der Waals surface area contributed by atoms with Crippen LogP contribution in [0.5, 0.6) is 11.5 Å². The summed E-state index contributed by atoms with van der Waals surface area (Å²) in [6.07, 6.45) is 1.16. The van der Waals surface area contributed by atoms with Gasteiger partial charge in [-0.15, -0.1) is 0 Å². The second-order valence-electron chi connectivity index (χ2n) is 6.01. The lowest BCUT2D eigenvalue weighted by atomic mass is 10.1. The topological polar surface area (TPSA) is 110 Å². The van der Waals surface area contributed by atoms with Crippen LogP contribution in [-0.2, 0) is 10.0 Å². The Kier molecular flexibility index (Phi) is 4.08. The molecule has 3 aromatic rings. The van der Waals surface area contributed by atoms with Gasteiger partial charge in [0.05, 0.1) is 22.2 Å². The Balaban J connectivity index is 1.61.